The van der Waals surface area contributed by atoms with Crippen molar-refractivity contribution in [3.8, 4) is 5.75 Å². The van der Waals surface area contributed by atoms with Gasteiger partial charge in [-0.3, -0.25) is 4.79 Å². The van der Waals surface area contributed by atoms with Crippen molar-refractivity contribution in [2.75, 3.05) is 33.9 Å². The van der Waals surface area contributed by atoms with Gasteiger partial charge in [0.15, 0.2) is 0 Å². The van der Waals surface area contributed by atoms with E-state index in [1.54, 1.807) is 12.1 Å². The van der Waals surface area contributed by atoms with Crippen LogP contribution in [0.3, 0.4) is 0 Å². The first-order chi connectivity index (χ1) is 14.9. The first-order valence-corrected chi connectivity index (χ1v) is 11.7. The standard InChI is InChI=1S/C20H25N3O6S2/c1-21-20(25)23-31(26,27)18-14-15(5-7-17(18)29-12-11-28-2)9-10-22-19(24)8-6-16-4-3-13-30-16/h3-8,13-14H,9-12H2,1-2H3,(H,22,24)(H2,21,23,25)/b8-6+. The molecule has 3 amide bonds. The van der Waals surface area contributed by atoms with Crippen LogP contribution < -0.4 is 20.1 Å². The van der Waals surface area contributed by atoms with Gasteiger partial charge in [-0.25, -0.2) is 17.9 Å². The summed E-state index contributed by atoms with van der Waals surface area (Å²) in [4.78, 5) is 24.3. The van der Waals surface area contributed by atoms with Crippen molar-refractivity contribution in [2.24, 2.45) is 0 Å². The molecule has 0 aliphatic rings. The summed E-state index contributed by atoms with van der Waals surface area (Å²) in [5.74, 6) is -0.151. The normalized spacial score (nSPS) is 11.3. The van der Waals surface area contributed by atoms with Crippen LogP contribution in [0.15, 0.2) is 46.7 Å². The Hall–Kier alpha value is -2.89. The summed E-state index contributed by atoms with van der Waals surface area (Å²) in [6.07, 6.45) is 3.56. The van der Waals surface area contributed by atoms with Crippen molar-refractivity contribution in [1.29, 1.82) is 0 Å². The van der Waals surface area contributed by atoms with E-state index >= 15 is 0 Å². The van der Waals surface area contributed by atoms with Crippen LogP contribution in [-0.4, -0.2) is 54.3 Å². The second-order valence-corrected chi connectivity index (χ2v) is 8.83. The van der Waals surface area contributed by atoms with Gasteiger partial charge >= 0.3 is 6.03 Å². The van der Waals surface area contributed by atoms with Crippen molar-refractivity contribution in [3.63, 3.8) is 0 Å². The van der Waals surface area contributed by atoms with Crippen LogP contribution >= 0.6 is 11.3 Å². The summed E-state index contributed by atoms with van der Waals surface area (Å²) in [6.45, 7) is 0.722. The van der Waals surface area contributed by atoms with E-state index in [1.165, 1.54) is 43.7 Å². The number of hydrogen-bond acceptors (Lipinski definition) is 7. The maximum atomic E-state index is 12.6. The first-order valence-electron chi connectivity index (χ1n) is 9.34. The van der Waals surface area contributed by atoms with Gasteiger partial charge in [0.2, 0.25) is 5.91 Å². The summed E-state index contributed by atoms with van der Waals surface area (Å²) in [5.41, 5.74) is 0.652. The molecule has 0 saturated heterocycles. The third-order valence-electron chi connectivity index (χ3n) is 3.95. The fourth-order valence-electron chi connectivity index (χ4n) is 2.43. The highest BCUT2D eigenvalue weighted by Crippen LogP contribution is 2.25. The molecule has 11 heteroatoms. The molecule has 168 valence electrons. The number of methoxy groups -OCH3 is 1. The van der Waals surface area contributed by atoms with Crippen molar-refractivity contribution in [3.05, 3.63) is 52.2 Å². The lowest BCUT2D eigenvalue weighted by atomic mass is 10.1. The average Bonchev–Trinajstić information content (AvgIpc) is 3.26. The molecule has 3 N–H and O–H groups in total. The summed E-state index contributed by atoms with van der Waals surface area (Å²) in [5, 5.41) is 6.88. The molecule has 0 radical (unpaired) electrons. The maximum absolute atomic E-state index is 12.6. The van der Waals surface area contributed by atoms with E-state index in [2.05, 4.69) is 10.6 Å². The number of amides is 3. The molecule has 0 fully saturated rings. The van der Waals surface area contributed by atoms with Gasteiger partial charge in [-0.05, 0) is 41.6 Å². The molecule has 2 rings (SSSR count). The van der Waals surface area contributed by atoms with Gasteiger partial charge in [-0.15, -0.1) is 11.3 Å². The van der Waals surface area contributed by atoms with E-state index < -0.39 is 16.1 Å². The topological polar surface area (TPSA) is 123 Å². The molecular formula is C20H25N3O6S2. The summed E-state index contributed by atoms with van der Waals surface area (Å²) < 4.78 is 37.6. The Morgan fingerprint density at radius 2 is 2.00 bits per heavy atom. The highest BCUT2D eigenvalue weighted by molar-refractivity contribution is 7.90. The number of ether oxygens (including phenoxy) is 2. The van der Waals surface area contributed by atoms with Gasteiger partial charge in [0.05, 0.1) is 6.61 Å². The Balaban J connectivity index is 2.07. The van der Waals surface area contributed by atoms with Gasteiger partial charge < -0.3 is 20.1 Å². The zero-order valence-electron chi connectivity index (χ0n) is 17.2. The number of carbonyl (C=O) groups is 2. The molecular weight excluding hydrogens is 442 g/mol. The highest BCUT2D eigenvalue weighted by Gasteiger charge is 2.22. The minimum absolute atomic E-state index is 0.0973. The van der Waals surface area contributed by atoms with E-state index in [0.717, 1.165) is 4.88 Å². The molecule has 1 aromatic heterocycles. The third-order valence-corrected chi connectivity index (χ3v) is 6.14. The Labute approximate surface area is 185 Å². The zero-order chi connectivity index (χ0) is 22.7. The number of benzene rings is 1. The molecule has 2 aromatic rings. The Bertz CT molecular complexity index is 1000. The molecule has 0 aliphatic carbocycles. The van der Waals surface area contributed by atoms with Crippen LogP contribution in [-0.2, 0) is 26.0 Å². The fraction of sp³-hybridized carbons (Fsp3) is 0.300. The lowest BCUT2D eigenvalue weighted by Crippen LogP contribution is -2.37. The minimum atomic E-state index is -4.16. The molecule has 1 aromatic carbocycles. The van der Waals surface area contributed by atoms with Crippen LogP contribution in [0, 0.1) is 0 Å². The number of carbonyl (C=O) groups excluding carboxylic acids is 2. The number of nitrogens with one attached hydrogen (secondary N) is 3. The third kappa shape index (κ3) is 8.04. The number of rotatable bonds is 11. The predicted octanol–water partition coefficient (Wildman–Crippen LogP) is 1.76. The van der Waals surface area contributed by atoms with Gasteiger partial charge in [0, 0.05) is 31.7 Å². The van der Waals surface area contributed by atoms with Crippen molar-refractivity contribution in [2.45, 2.75) is 11.3 Å². The van der Waals surface area contributed by atoms with Gasteiger partial charge in [-0.1, -0.05) is 12.1 Å². The van der Waals surface area contributed by atoms with E-state index in [-0.39, 0.29) is 29.8 Å². The molecule has 0 unspecified atom stereocenters. The van der Waals surface area contributed by atoms with E-state index in [1.807, 2.05) is 22.2 Å². The van der Waals surface area contributed by atoms with Crippen LogP contribution in [0.2, 0.25) is 0 Å². The van der Waals surface area contributed by atoms with E-state index in [9.17, 15) is 18.0 Å². The number of thiophene rings is 1. The Morgan fingerprint density at radius 3 is 2.68 bits per heavy atom. The molecule has 0 bridgehead atoms. The fourth-order valence-corrected chi connectivity index (χ4v) is 4.21. The van der Waals surface area contributed by atoms with Gasteiger partial charge in [-0.2, -0.15) is 0 Å². The van der Waals surface area contributed by atoms with Crippen molar-refractivity contribution < 1.29 is 27.5 Å². The van der Waals surface area contributed by atoms with Crippen LogP contribution in [0.4, 0.5) is 4.79 Å². The molecule has 9 nitrogen and oxygen atoms in total. The monoisotopic (exact) mass is 467 g/mol. The van der Waals surface area contributed by atoms with E-state index in [0.29, 0.717) is 18.5 Å². The lowest BCUT2D eigenvalue weighted by Gasteiger charge is -2.14. The van der Waals surface area contributed by atoms with Gasteiger partial charge in [0.1, 0.15) is 17.3 Å². The van der Waals surface area contributed by atoms with Gasteiger partial charge in [0.25, 0.3) is 10.0 Å². The zero-order valence-corrected chi connectivity index (χ0v) is 18.8. The lowest BCUT2D eigenvalue weighted by molar-refractivity contribution is -0.116. The molecule has 0 saturated carbocycles. The number of sulfonamides is 1. The number of hydrogen-bond donors (Lipinski definition) is 3. The molecule has 31 heavy (non-hydrogen) atoms. The number of urea groups is 1. The predicted molar refractivity (Wildman–Crippen MR) is 119 cm³/mol. The average molecular weight is 468 g/mol. The van der Waals surface area contributed by atoms with Crippen LogP contribution in [0.1, 0.15) is 10.4 Å². The molecule has 0 aliphatic heterocycles. The first kappa shape index (κ1) is 24.4. The smallest absolute Gasteiger partial charge is 0.328 e. The largest absolute Gasteiger partial charge is 0.490 e. The van der Waals surface area contributed by atoms with Crippen molar-refractivity contribution >= 4 is 39.4 Å². The molecule has 1 heterocycles. The Morgan fingerprint density at radius 1 is 1.19 bits per heavy atom. The van der Waals surface area contributed by atoms with E-state index in [4.69, 9.17) is 9.47 Å². The van der Waals surface area contributed by atoms with Crippen LogP contribution in [0.5, 0.6) is 5.75 Å². The second-order valence-electron chi connectivity index (χ2n) is 6.20. The van der Waals surface area contributed by atoms with Crippen molar-refractivity contribution in [1.82, 2.24) is 15.4 Å². The summed E-state index contributed by atoms with van der Waals surface area (Å²) in [6, 6.07) is 7.57. The second kappa shape index (κ2) is 12.1. The summed E-state index contributed by atoms with van der Waals surface area (Å²) in [7, 11) is -1.35. The Kier molecular flexibility index (Phi) is 9.50. The summed E-state index contributed by atoms with van der Waals surface area (Å²) >= 11 is 1.53. The van der Waals surface area contributed by atoms with Crippen LogP contribution in [0.25, 0.3) is 6.08 Å². The molecule has 0 spiro atoms. The highest BCUT2D eigenvalue weighted by atomic mass is 32.2. The minimum Gasteiger partial charge on any atom is -0.490 e. The quantitative estimate of drug-likeness (QED) is 0.342. The maximum Gasteiger partial charge on any atom is 0.328 e. The molecule has 0 atom stereocenters. The SMILES string of the molecule is CNC(=O)NS(=O)(=O)c1cc(CCNC(=O)/C=C/c2cccs2)ccc1OCCOC.